The lowest BCUT2D eigenvalue weighted by atomic mass is 9.90. The van der Waals surface area contributed by atoms with Crippen molar-refractivity contribution >= 4 is 32.8 Å². The molecule has 2 aliphatic rings. The first-order valence-electron chi connectivity index (χ1n) is 10.9. The van der Waals surface area contributed by atoms with E-state index in [2.05, 4.69) is 15.3 Å². The number of piperidine rings is 1. The number of anilines is 1. The predicted octanol–water partition coefficient (Wildman–Crippen LogP) is 2.86. The lowest BCUT2D eigenvalue weighted by Gasteiger charge is -2.42. The summed E-state index contributed by atoms with van der Waals surface area (Å²) in [5.41, 5.74) is 3.13. The molecule has 0 aliphatic carbocycles. The van der Waals surface area contributed by atoms with Crippen LogP contribution < -0.4 is 5.32 Å². The van der Waals surface area contributed by atoms with E-state index in [1.165, 1.54) is 10.5 Å². The predicted molar refractivity (Wildman–Crippen MR) is 124 cm³/mol. The maximum absolute atomic E-state index is 13.1. The highest BCUT2D eigenvalue weighted by atomic mass is 32.2. The van der Waals surface area contributed by atoms with Crippen molar-refractivity contribution in [3.63, 3.8) is 0 Å². The van der Waals surface area contributed by atoms with E-state index < -0.39 is 15.3 Å². The van der Waals surface area contributed by atoms with Crippen molar-refractivity contribution in [1.29, 1.82) is 5.26 Å². The number of nitrogens with zero attached hydrogens (tertiary/aromatic N) is 4. The third-order valence-corrected chi connectivity index (χ3v) is 8.78. The second-order valence-electron chi connectivity index (χ2n) is 8.51. The highest BCUT2D eigenvalue weighted by molar-refractivity contribution is 7.89. The van der Waals surface area contributed by atoms with Crippen LogP contribution in [0.3, 0.4) is 0 Å². The van der Waals surface area contributed by atoms with Crippen molar-refractivity contribution in [3.8, 4) is 6.07 Å². The molecule has 5 rings (SSSR count). The van der Waals surface area contributed by atoms with Crippen molar-refractivity contribution in [2.24, 2.45) is 0 Å². The van der Waals surface area contributed by atoms with Crippen molar-refractivity contribution < 1.29 is 13.2 Å². The molecule has 0 bridgehead atoms. The lowest BCUT2D eigenvalue weighted by Crippen LogP contribution is -2.61. The number of H-pyrrole nitrogens is 1. The van der Waals surface area contributed by atoms with E-state index in [9.17, 15) is 13.2 Å². The number of sulfonamides is 1. The fourth-order valence-electron chi connectivity index (χ4n) is 4.57. The van der Waals surface area contributed by atoms with Gasteiger partial charge in [0.1, 0.15) is 10.9 Å². The van der Waals surface area contributed by atoms with E-state index in [4.69, 9.17) is 5.26 Å². The molecule has 0 saturated carbocycles. The van der Waals surface area contributed by atoms with Gasteiger partial charge in [-0.05, 0) is 60.7 Å². The molecule has 2 aliphatic heterocycles. The van der Waals surface area contributed by atoms with E-state index in [1.807, 2.05) is 24.4 Å². The standard InChI is InChI=1S/C23H24N6O3S/c24-12-16-3-5-18(6-4-16)27-23(30)28-14-19(15-28)33(31,32)29-10-7-17(8-11-29)21-13-26-22-20(21)2-1-9-25-22/h1-6,9,13,17,19H,7-8,10-11,14-15H2,(H,25,26)(H,27,30). The molecule has 1 aromatic carbocycles. The van der Waals surface area contributed by atoms with E-state index in [0.717, 1.165) is 23.9 Å². The molecular weight excluding hydrogens is 440 g/mol. The van der Waals surface area contributed by atoms with Crippen LogP contribution in [-0.2, 0) is 10.0 Å². The average Bonchev–Trinajstić information content (AvgIpc) is 3.23. The number of rotatable bonds is 4. The van der Waals surface area contributed by atoms with Crippen molar-refractivity contribution in [2.45, 2.75) is 24.0 Å². The summed E-state index contributed by atoms with van der Waals surface area (Å²) in [5, 5.41) is 12.1. The van der Waals surface area contributed by atoms with Crippen LogP contribution in [0.25, 0.3) is 11.0 Å². The highest BCUT2D eigenvalue weighted by Crippen LogP contribution is 2.34. The molecule has 2 aromatic heterocycles. The number of pyridine rings is 1. The summed E-state index contributed by atoms with van der Waals surface area (Å²) in [7, 11) is -3.45. The Morgan fingerprint density at radius 1 is 1.15 bits per heavy atom. The van der Waals surface area contributed by atoms with Gasteiger partial charge in [-0.1, -0.05) is 0 Å². The monoisotopic (exact) mass is 464 g/mol. The number of aromatic amines is 1. The van der Waals surface area contributed by atoms with Gasteiger partial charge in [-0.15, -0.1) is 0 Å². The number of carbonyl (C=O) groups is 1. The summed E-state index contributed by atoms with van der Waals surface area (Å²) in [4.78, 5) is 21.4. The van der Waals surface area contributed by atoms with Gasteiger partial charge in [-0.25, -0.2) is 22.5 Å². The van der Waals surface area contributed by atoms with Crippen LogP contribution in [0.5, 0.6) is 0 Å². The molecule has 9 nitrogen and oxygen atoms in total. The topological polar surface area (TPSA) is 122 Å². The quantitative estimate of drug-likeness (QED) is 0.615. The Morgan fingerprint density at radius 3 is 2.58 bits per heavy atom. The van der Waals surface area contributed by atoms with Crippen LogP contribution in [0.1, 0.15) is 29.9 Å². The van der Waals surface area contributed by atoms with Crippen molar-refractivity contribution in [1.82, 2.24) is 19.2 Å². The summed E-state index contributed by atoms with van der Waals surface area (Å²) < 4.78 is 27.8. The molecule has 4 heterocycles. The molecule has 0 spiro atoms. The zero-order chi connectivity index (χ0) is 23.0. The molecule has 2 N–H and O–H groups in total. The minimum Gasteiger partial charge on any atom is -0.346 e. The maximum atomic E-state index is 13.1. The lowest BCUT2D eigenvalue weighted by molar-refractivity contribution is 0.179. The maximum Gasteiger partial charge on any atom is 0.321 e. The number of nitriles is 1. The van der Waals surface area contributed by atoms with Crippen LogP contribution in [0, 0.1) is 11.3 Å². The first-order valence-corrected chi connectivity index (χ1v) is 12.4. The van der Waals surface area contributed by atoms with E-state index in [-0.39, 0.29) is 19.1 Å². The number of nitrogens with one attached hydrogen (secondary N) is 2. The summed E-state index contributed by atoms with van der Waals surface area (Å²) in [6, 6.07) is 12.2. The summed E-state index contributed by atoms with van der Waals surface area (Å²) in [6.07, 6.45) is 5.26. The number of likely N-dealkylation sites (tertiary alicyclic amines) is 1. The Labute approximate surface area is 192 Å². The van der Waals surface area contributed by atoms with Crippen LogP contribution in [0.4, 0.5) is 10.5 Å². The Hall–Kier alpha value is -3.42. The molecule has 3 aromatic rings. The van der Waals surface area contributed by atoms with Gasteiger partial charge in [0.05, 0.1) is 11.6 Å². The number of fused-ring (bicyclic) bond motifs is 1. The zero-order valence-electron chi connectivity index (χ0n) is 17.9. The van der Waals surface area contributed by atoms with Crippen molar-refractivity contribution in [2.75, 3.05) is 31.5 Å². The van der Waals surface area contributed by atoms with Gasteiger partial charge in [0.15, 0.2) is 0 Å². The summed E-state index contributed by atoms with van der Waals surface area (Å²) in [5.74, 6) is 0.297. The Bertz CT molecular complexity index is 1310. The fraction of sp³-hybridized carbons (Fsp3) is 0.348. The van der Waals surface area contributed by atoms with E-state index >= 15 is 0 Å². The third-order valence-electron chi connectivity index (χ3n) is 6.56. The molecule has 2 fully saturated rings. The number of urea groups is 1. The molecule has 2 saturated heterocycles. The second kappa shape index (κ2) is 8.50. The number of hydrogen-bond donors (Lipinski definition) is 2. The van der Waals surface area contributed by atoms with Crippen LogP contribution in [0.15, 0.2) is 48.8 Å². The molecular formula is C23H24N6O3S. The smallest absolute Gasteiger partial charge is 0.321 e. The Kier molecular flexibility index (Phi) is 5.52. The Morgan fingerprint density at radius 2 is 1.88 bits per heavy atom. The summed E-state index contributed by atoms with van der Waals surface area (Å²) >= 11 is 0. The first-order chi connectivity index (χ1) is 16.0. The molecule has 0 radical (unpaired) electrons. The number of amides is 2. The van der Waals surface area contributed by atoms with Gasteiger partial charge in [-0.3, -0.25) is 0 Å². The van der Waals surface area contributed by atoms with E-state index in [0.29, 0.717) is 30.3 Å². The number of carbonyl (C=O) groups excluding carboxylic acids is 1. The van der Waals surface area contributed by atoms with Crippen LogP contribution in [0.2, 0.25) is 0 Å². The Balaban J connectivity index is 1.15. The van der Waals surface area contributed by atoms with Gasteiger partial charge in [0.2, 0.25) is 10.0 Å². The van der Waals surface area contributed by atoms with Crippen LogP contribution >= 0.6 is 0 Å². The van der Waals surface area contributed by atoms with Gasteiger partial charge in [0.25, 0.3) is 0 Å². The largest absolute Gasteiger partial charge is 0.346 e. The first kappa shape index (κ1) is 21.4. The molecule has 33 heavy (non-hydrogen) atoms. The minimum atomic E-state index is -3.45. The molecule has 0 atom stereocenters. The molecule has 170 valence electrons. The second-order valence-corrected chi connectivity index (χ2v) is 10.7. The zero-order valence-corrected chi connectivity index (χ0v) is 18.8. The van der Waals surface area contributed by atoms with Gasteiger partial charge < -0.3 is 15.2 Å². The molecule has 2 amide bonds. The number of aromatic nitrogens is 2. The number of benzene rings is 1. The molecule has 0 unspecified atom stereocenters. The van der Waals surface area contributed by atoms with Gasteiger partial charge >= 0.3 is 6.03 Å². The van der Waals surface area contributed by atoms with Gasteiger partial charge in [0, 0.05) is 49.6 Å². The molecule has 10 heteroatoms. The van der Waals surface area contributed by atoms with Gasteiger partial charge in [-0.2, -0.15) is 5.26 Å². The fourth-order valence-corrected chi connectivity index (χ4v) is 6.45. The van der Waals surface area contributed by atoms with Crippen molar-refractivity contribution in [3.05, 3.63) is 59.9 Å². The minimum absolute atomic E-state index is 0.179. The summed E-state index contributed by atoms with van der Waals surface area (Å²) in [6.45, 7) is 1.32. The number of hydrogen-bond acceptors (Lipinski definition) is 5. The highest BCUT2D eigenvalue weighted by Gasteiger charge is 2.43. The van der Waals surface area contributed by atoms with Crippen LogP contribution in [-0.4, -0.2) is 65.1 Å². The SMILES string of the molecule is N#Cc1ccc(NC(=O)N2CC(S(=O)(=O)N3CCC(c4c[nH]c5ncccc45)CC3)C2)cc1. The average molecular weight is 465 g/mol. The normalized spacial score (nSPS) is 18.1. The third kappa shape index (κ3) is 4.05. The van der Waals surface area contributed by atoms with E-state index in [1.54, 1.807) is 34.8 Å².